The smallest absolute Gasteiger partial charge is 0 e. The van der Waals surface area contributed by atoms with Crippen LogP contribution in [-0.4, -0.2) is 23.1 Å². The van der Waals surface area contributed by atoms with Gasteiger partial charge < -0.3 is 0 Å². The third-order valence-electron chi connectivity index (χ3n) is 0. The quantitative estimate of drug-likeness (QED) is 0.427. The molecule has 0 amide bonds. The SMILES string of the molecule is [MgH2].[Ni].[Ti].[V]. The molecule has 0 aliphatic rings. The van der Waals surface area contributed by atoms with Crippen LogP contribution in [-0.2, 0) is 56.8 Å². The zero-order valence-electron chi connectivity index (χ0n) is 1.26. The Morgan fingerprint density at radius 3 is 1.00 bits per heavy atom. The summed E-state index contributed by atoms with van der Waals surface area (Å²) in [5.41, 5.74) is 0. The van der Waals surface area contributed by atoms with Gasteiger partial charge in [0, 0.05) is 56.8 Å². The van der Waals surface area contributed by atoms with Crippen LogP contribution < -0.4 is 0 Å². The van der Waals surface area contributed by atoms with Crippen molar-refractivity contribution in [3.63, 3.8) is 0 Å². The first-order valence-corrected chi connectivity index (χ1v) is 0. The van der Waals surface area contributed by atoms with Crippen molar-refractivity contribution in [1.82, 2.24) is 0 Å². The van der Waals surface area contributed by atoms with Crippen LogP contribution in [0.15, 0.2) is 0 Å². The molecule has 0 heterocycles. The third kappa shape index (κ3) is 8.82. The van der Waals surface area contributed by atoms with E-state index in [1.165, 1.54) is 0 Å². The van der Waals surface area contributed by atoms with Gasteiger partial charge in [0.25, 0.3) is 0 Å². The van der Waals surface area contributed by atoms with Crippen molar-refractivity contribution in [2.75, 3.05) is 0 Å². The minimum absolute atomic E-state index is 0. The molecule has 0 aromatic heterocycles. The van der Waals surface area contributed by atoms with E-state index in [0.717, 1.165) is 0 Å². The molecule has 4 heavy (non-hydrogen) atoms. The Labute approximate surface area is 78.7 Å². The molecular formula is H2MgNiTiV. The van der Waals surface area contributed by atoms with Crippen LogP contribution in [0, 0.1) is 0 Å². The fourth-order valence-corrected chi connectivity index (χ4v) is 0. The molecule has 0 unspecified atom stereocenters. The van der Waals surface area contributed by atoms with Crippen molar-refractivity contribution in [2.45, 2.75) is 0 Å². The van der Waals surface area contributed by atoms with E-state index >= 15 is 0 Å². The van der Waals surface area contributed by atoms with Crippen LogP contribution in [0.4, 0.5) is 0 Å². The van der Waals surface area contributed by atoms with E-state index in [0.29, 0.717) is 0 Å². The normalized spacial score (nSPS) is 0. The van der Waals surface area contributed by atoms with Crippen molar-refractivity contribution in [2.24, 2.45) is 0 Å². The number of rotatable bonds is 0. The second-order valence-electron chi connectivity index (χ2n) is 0. The second kappa shape index (κ2) is 17.6. The van der Waals surface area contributed by atoms with Gasteiger partial charge in [-0.25, -0.2) is 0 Å². The minimum atomic E-state index is 0. The van der Waals surface area contributed by atoms with Gasteiger partial charge in [-0.15, -0.1) is 0 Å². The zero-order valence-corrected chi connectivity index (χ0v) is 5.21. The molecule has 0 N–H and O–H groups in total. The van der Waals surface area contributed by atoms with Crippen molar-refractivity contribution in [3.8, 4) is 0 Å². The van der Waals surface area contributed by atoms with Crippen molar-refractivity contribution < 1.29 is 56.8 Å². The van der Waals surface area contributed by atoms with E-state index in [-0.39, 0.29) is 79.8 Å². The van der Waals surface area contributed by atoms with E-state index in [2.05, 4.69) is 0 Å². The molecule has 1 radical (unpaired) electrons. The predicted molar refractivity (Wildman–Crippen MR) is 8.54 cm³/mol. The third-order valence-corrected chi connectivity index (χ3v) is 0. The van der Waals surface area contributed by atoms with Crippen LogP contribution in [0.2, 0.25) is 0 Å². The van der Waals surface area contributed by atoms with E-state index in [1.807, 2.05) is 0 Å². The van der Waals surface area contributed by atoms with Crippen LogP contribution in [0.25, 0.3) is 0 Å². The molecular weight excluding hydrogens is 182 g/mol. The van der Waals surface area contributed by atoms with Gasteiger partial charge >= 0.3 is 23.1 Å². The summed E-state index contributed by atoms with van der Waals surface area (Å²) in [6, 6.07) is 0. The van der Waals surface area contributed by atoms with Gasteiger partial charge in [-0.05, 0) is 0 Å². The number of hydrogen-bond acceptors (Lipinski definition) is 0. The monoisotopic (exact) mass is 183 g/mol. The Kier molecular flexibility index (Phi) is 137. The molecule has 23 valence electrons. The molecule has 4 heteroatoms. The summed E-state index contributed by atoms with van der Waals surface area (Å²) in [7, 11) is 0. The summed E-state index contributed by atoms with van der Waals surface area (Å²) in [5.74, 6) is 0. The summed E-state index contributed by atoms with van der Waals surface area (Å²) in [5, 5.41) is 0. The average molecular weight is 184 g/mol. The van der Waals surface area contributed by atoms with Crippen LogP contribution >= 0.6 is 0 Å². The average Bonchev–Trinajstić information content (AvgIpc) is 0. The molecule has 0 rings (SSSR count). The topological polar surface area (TPSA) is 0 Å². The first kappa shape index (κ1) is 31.0. The predicted octanol–water partition coefficient (Wildman–Crippen LogP) is -0.924. The van der Waals surface area contributed by atoms with E-state index in [9.17, 15) is 0 Å². The van der Waals surface area contributed by atoms with E-state index in [1.54, 1.807) is 0 Å². The van der Waals surface area contributed by atoms with Gasteiger partial charge in [0.05, 0.1) is 0 Å². The van der Waals surface area contributed by atoms with Crippen molar-refractivity contribution in [3.05, 3.63) is 0 Å². The molecule has 0 aromatic rings. The Morgan fingerprint density at radius 2 is 1.00 bits per heavy atom. The minimum Gasteiger partial charge on any atom is 0 e. The van der Waals surface area contributed by atoms with Gasteiger partial charge in [0.1, 0.15) is 0 Å². The molecule has 0 aromatic carbocycles. The van der Waals surface area contributed by atoms with E-state index < -0.39 is 0 Å². The van der Waals surface area contributed by atoms with Crippen LogP contribution in [0.1, 0.15) is 0 Å². The Bertz CT molecular complexity index is 8.00. The zero-order chi connectivity index (χ0) is 0. The first-order chi connectivity index (χ1) is 0. The van der Waals surface area contributed by atoms with Crippen molar-refractivity contribution >= 4 is 23.1 Å². The van der Waals surface area contributed by atoms with Crippen LogP contribution in [0.3, 0.4) is 0 Å². The summed E-state index contributed by atoms with van der Waals surface area (Å²) >= 11 is 0. The maximum atomic E-state index is 0. The maximum absolute atomic E-state index is 0. The van der Waals surface area contributed by atoms with E-state index in [4.69, 9.17) is 0 Å². The molecule has 0 atom stereocenters. The summed E-state index contributed by atoms with van der Waals surface area (Å²) in [6.07, 6.45) is 0. The molecule has 0 bridgehead atoms. The molecule has 0 fully saturated rings. The molecule has 0 aliphatic carbocycles. The summed E-state index contributed by atoms with van der Waals surface area (Å²) in [6.45, 7) is 0. The van der Waals surface area contributed by atoms with Gasteiger partial charge in [-0.2, -0.15) is 0 Å². The summed E-state index contributed by atoms with van der Waals surface area (Å²) < 4.78 is 0. The molecule has 0 saturated heterocycles. The van der Waals surface area contributed by atoms with Crippen molar-refractivity contribution in [1.29, 1.82) is 0 Å². The Balaban J connectivity index is 0. The van der Waals surface area contributed by atoms with Crippen LogP contribution in [0.5, 0.6) is 0 Å². The van der Waals surface area contributed by atoms with Gasteiger partial charge in [-0.1, -0.05) is 0 Å². The Hall–Kier alpha value is 2.56. The van der Waals surface area contributed by atoms with Gasteiger partial charge in [0.15, 0.2) is 0 Å². The first-order valence-electron chi connectivity index (χ1n) is 0. The summed E-state index contributed by atoms with van der Waals surface area (Å²) in [4.78, 5) is 0. The number of hydrogen-bond donors (Lipinski definition) is 0. The van der Waals surface area contributed by atoms with Gasteiger partial charge in [0.2, 0.25) is 0 Å². The Morgan fingerprint density at radius 1 is 1.00 bits per heavy atom. The van der Waals surface area contributed by atoms with Gasteiger partial charge in [-0.3, -0.25) is 0 Å². The maximum Gasteiger partial charge on any atom is 0.316 e. The molecule has 0 nitrogen and oxygen atoms in total. The molecule has 0 spiro atoms. The second-order valence-corrected chi connectivity index (χ2v) is 0. The molecule has 0 saturated carbocycles. The fourth-order valence-electron chi connectivity index (χ4n) is 0. The largest absolute Gasteiger partial charge is 0.316 e. The fraction of sp³-hybridized carbons (Fsp3) is 0. The molecule has 0 aliphatic heterocycles. The standard InChI is InChI=1S/Mg.Ni.Ti.V.2H.